The smallest absolute Gasteiger partial charge is 0.265 e. The molecule has 4 nitrogen and oxygen atoms in total. The van der Waals surface area contributed by atoms with Crippen molar-refractivity contribution >= 4 is 54.5 Å². The molecule has 0 aliphatic heterocycles. The predicted octanol–water partition coefficient (Wildman–Crippen LogP) is 9.18. The van der Waals surface area contributed by atoms with Gasteiger partial charge in [0, 0.05) is 38.6 Å². The maximum absolute atomic E-state index is 14.8. The Hall–Kier alpha value is -5.87. The van der Waals surface area contributed by atoms with Crippen LogP contribution in [0.3, 0.4) is 0 Å². The van der Waals surface area contributed by atoms with E-state index in [2.05, 4.69) is 106 Å². The Morgan fingerprint density at radius 2 is 0.791 bits per heavy atom. The van der Waals surface area contributed by atoms with Gasteiger partial charge in [0.05, 0.1) is 33.0 Å². The highest BCUT2D eigenvalue weighted by atomic mass is 16.1. The van der Waals surface area contributed by atoms with Gasteiger partial charge >= 0.3 is 0 Å². The molecule has 0 spiro atoms. The maximum Gasteiger partial charge on any atom is 0.265 e. The summed E-state index contributed by atoms with van der Waals surface area (Å²) in [6.07, 6.45) is 0. The van der Waals surface area contributed by atoms with Crippen molar-refractivity contribution in [3.63, 3.8) is 0 Å². The first-order chi connectivity index (χ1) is 21.3. The van der Waals surface area contributed by atoms with Gasteiger partial charge in [-0.3, -0.25) is 9.36 Å². The van der Waals surface area contributed by atoms with Gasteiger partial charge in [0.15, 0.2) is 0 Å². The number of rotatable bonds is 3. The highest BCUT2D eigenvalue weighted by Crippen LogP contribution is 2.40. The molecule has 0 unspecified atom stereocenters. The molecule has 9 rings (SSSR count). The molecule has 3 aromatic heterocycles. The van der Waals surface area contributed by atoms with E-state index in [1.807, 2.05) is 59.2 Å². The van der Waals surface area contributed by atoms with Crippen molar-refractivity contribution in [3.05, 3.63) is 162 Å². The Kier molecular flexibility index (Phi) is 5.02. The van der Waals surface area contributed by atoms with Crippen LogP contribution in [0.2, 0.25) is 0 Å². The standard InChI is InChI=1S/C39H25N3O/c43-39-37-32-25-35-31(29-20-10-12-22-33(29)40(35)26-14-4-1-5-15-26)24-36(32)41(27-16-6-2-7-17-27)38(37)30-21-11-13-23-34(30)42(39)28-18-8-3-9-19-28/h1-25H. The molecule has 202 valence electrons. The summed E-state index contributed by atoms with van der Waals surface area (Å²) in [5.41, 5.74) is 7.98. The summed E-state index contributed by atoms with van der Waals surface area (Å²) in [5, 5.41) is 5.01. The van der Waals surface area contributed by atoms with Gasteiger partial charge in [-0.15, -0.1) is 0 Å². The molecule has 0 atom stereocenters. The quantitative estimate of drug-likeness (QED) is 0.215. The van der Waals surface area contributed by atoms with Gasteiger partial charge in [0.2, 0.25) is 0 Å². The Morgan fingerprint density at radius 1 is 0.349 bits per heavy atom. The predicted molar refractivity (Wildman–Crippen MR) is 178 cm³/mol. The SMILES string of the molecule is O=c1c2c3cc4c(cc3n(-c3ccccc3)c2c2ccccc2n1-c1ccccc1)c1ccccc1n4-c1ccccc1. The molecule has 3 heterocycles. The lowest BCUT2D eigenvalue weighted by atomic mass is 10.1. The van der Waals surface area contributed by atoms with E-state index >= 15 is 0 Å². The normalized spacial score (nSPS) is 11.8. The van der Waals surface area contributed by atoms with Crippen LogP contribution in [0.15, 0.2) is 156 Å². The Labute approximate surface area is 246 Å². The summed E-state index contributed by atoms with van der Waals surface area (Å²) in [4.78, 5) is 14.8. The number of aromatic nitrogens is 3. The third kappa shape index (κ3) is 3.35. The number of hydrogen-bond acceptors (Lipinski definition) is 1. The minimum Gasteiger partial charge on any atom is -0.309 e. The summed E-state index contributed by atoms with van der Waals surface area (Å²) in [7, 11) is 0. The van der Waals surface area contributed by atoms with E-state index in [-0.39, 0.29) is 5.56 Å². The lowest BCUT2D eigenvalue weighted by molar-refractivity contribution is 1.06. The molecule has 0 amide bonds. The Morgan fingerprint density at radius 3 is 1.42 bits per heavy atom. The Bertz CT molecular complexity index is 2560. The summed E-state index contributed by atoms with van der Waals surface area (Å²) in [5.74, 6) is 0. The fourth-order valence-electron chi connectivity index (χ4n) is 6.84. The van der Waals surface area contributed by atoms with Gasteiger partial charge in [-0.05, 0) is 60.7 Å². The van der Waals surface area contributed by atoms with Crippen LogP contribution in [-0.2, 0) is 0 Å². The van der Waals surface area contributed by atoms with Gasteiger partial charge in [-0.2, -0.15) is 0 Å². The van der Waals surface area contributed by atoms with Gasteiger partial charge in [-0.1, -0.05) is 91.0 Å². The van der Waals surface area contributed by atoms with Gasteiger partial charge in [-0.25, -0.2) is 0 Å². The number of para-hydroxylation sites is 5. The third-order valence-electron chi connectivity index (χ3n) is 8.62. The molecule has 0 bridgehead atoms. The second-order valence-electron chi connectivity index (χ2n) is 11.0. The minimum absolute atomic E-state index is 0.0266. The highest BCUT2D eigenvalue weighted by Gasteiger charge is 2.23. The van der Waals surface area contributed by atoms with Crippen LogP contribution in [0.25, 0.3) is 71.6 Å². The number of pyridine rings is 1. The average molecular weight is 552 g/mol. The van der Waals surface area contributed by atoms with Crippen LogP contribution in [-0.4, -0.2) is 13.7 Å². The van der Waals surface area contributed by atoms with Crippen molar-refractivity contribution in [1.82, 2.24) is 13.7 Å². The average Bonchev–Trinajstić information content (AvgIpc) is 3.58. The van der Waals surface area contributed by atoms with Gasteiger partial charge in [0.1, 0.15) is 0 Å². The largest absolute Gasteiger partial charge is 0.309 e. The fraction of sp³-hybridized carbons (Fsp3) is 0. The lowest BCUT2D eigenvalue weighted by Gasteiger charge is -2.14. The molecule has 0 saturated carbocycles. The van der Waals surface area contributed by atoms with Crippen molar-refractivity contribution < 1.29 is 0 Å². The fourth-order valence-corrected chi connectivity index (χ4v) is 6.84. The zero-order chi connectivity index (χ0) is 28.5. The second-order valence-corrected chi connectivity index (χ2v) is 11.0. The molecule has 4 heteroatoms. The van der Waals surface area contributed by atoms with Crippen molar-refractivity contribution in [2.75, 3.05) is 0 Å². The maximum atomic E-state index is 14.8. The van der Waals surface area contributed by atoms with Gasteiger partial charge < -0.3 is 9.13 Å². The monoisotopic (exact) mass is 551 g/mol. The first-order valence-electron chi connectivity index (χ1n) is 14.5. The second kappa shape index (κ2) is 9.07. The summed E-state index contributed by atoms with van der Waals surface area (Å²) < 4.78 is 6.45. The molecule has 0 radical (unpaired) electrons. The van der Waals surface area contributed by atoms with Crippen molar-refractivity contribution in [2.45, 2.75) is 0 Å². The number of benzene rings is 6. The molecule has 43 heavy (non-hydrogen) atoms. The third-order valence-corrected chi connectivity index (χ3v) is 8.62. The van der Waals surface area contributed by atoms with E-state index < -0.39 is 0 Å². The zero-order valence-corrected chi connectivity index (χ0v) is 23.2. The molecule has 0 fully saturated rings. The molecule has 9 aromatic rings. The summed E-state index contributed by atoms with van der Waals surface area (Å²) in [6, 6.07) is 52.1. The lowest BCUT2D eigenvalue weighted by Crippen LogP contribution is -2.19. The molecule has 0 N–H and O–H groups in total. The number of nitrogens with zero attached hydrogens (tertiary/aromatic N) is 3. The molecule has 0 aliphatic carbocycles. The first kappa shape index (κ1) is 23.8. The van der Waals surface area contributed by atoms with E-state index in [9.17, 15) is 4.79 Å². The van der Waals surface area contributed by atoms with Crippen LogP contribution >= 0.6 is 0 Å². The van der Waals surface area contributed by atoms with Gasteiger partial charge in [0.25, 0.3) is 5.56 Å². The Balaban J connectivity index is 1.56. The van der Waals surface area contributed by atoms with E-state index in [0.29, 0.717) is 5.39 Å². The topological polar surface area (TPSA) is 31.9 Å². The van der Waals surface area contributed by atoms with Crippen molar-refractivity contribution in [2.24, 2.45) is 0 Å². The minimum atomic E-state index is -0.0266. The van der Waals surface area contributed by atoms with Crippen LogP contribution in [0, 0.1) is 0 Å². The molecule has 6 aromatic carbocycles. The van der Waals surface area contributed by atoms with Crippen LogP contribution in [0.1, 0.15) is 0 Å². The van der Waals surface area contributed by atoms with Crippen LogP contribution in [0.4, 0.5) is 0 Å². The summed E-state index contributed by atoms with van der Waals surface area (Å²) in [6.45, 7) is 0. The molecular weight excluding hydrogens is 526 g/mol. The van der Waals surface area contributed by atoms with E-state index in [1.54, 1.807) is 0 Å². The van der Waals surface area contributed by atoms with Crippen LogP contribution < -0.4 is 5.56 Å². The van der Waals surface area contributed by atoms with Crippen molar-refractivity contribution in [1.29, 1.82) is 0 Å². The van der Waals surface area contributed by atoms with E-state index in [0.717, 1.165) is 60.8 Å². The number of fused-ring (bicyclic) bond motifs is 8. The number of hydrogen-bond donors (Lipinski definition) is 0. The molecular formula is C39H25N3O. The van der Waals surface area contributed by atoms with E-state index in [4.69, 9.17) is 0 Å². The molecule has 0 aliphatic rings. The first-order valence-corrected chi connectivity index (χ1v) is 14.5. The highest BCUT2D eigenvalue weighted by molar-refractivity contribution is 6.22. The van der Waals surface area contributed by atoms with Crippen LogP contribution in [0.5, 0.6) is 0 Å². The molecule has 0 saturated heterocycles. The zero-order valence-electron chi connectivity index (χ0n) is 23.2. The van der Waals surface area contributed by atoms with Crippen molar-refractivity contribution in [3.8, 4) is 17.1 Å². The van der Waals surface area contributed by atoms with E-state index in [1.165, 1.54) is 5.39 Å². The summed E-state index contributed by atoms with van der Waals surface area (Å²) >= 11 is 0.